The van der Waals surface area contributed by atoms with Gasteiger partial charge in [0.25, 0.3) is 0 Å². The van der Waals surface area contributed by atoms with Gasteiger partial charge in [-0.05, 0) is 41.0 Å². The van der Waals surface area contributed by atoms with Gasteiger partial charge >= 0.3 is 12.0 Å². The standard InChI is InChI=1S/C22H22N2O8/c1-28-15-3-9(4-16(29-2)20(15)25)17-10-5-13-14(32-8-31-13)6-11(10)19(24-22(23)27)12-7-30-21(26)18(12)17/h3-6,12,17-19,25H,7-8H2,1-2H3,(H3,23,24,27)/t12-,17?,18-,19+/m0/s1. The van der Waals surface area contributed by atoms with Gasteiger partial charge in [-0.2, -0.15) is 0 Å². The molecule has 4 N–H and O–H groups in total. The average Bonchev–Trinajstić information content (AvgIpc) is 3.39. The van der Waals surface area contributed by atoms with Crippen LogP contribution in [0.4, 0.5) is 4.79 Å². The Balaban J connectivity index is 1.75. The van der Waals surface area contributed by atoms with E-state index in [1.165, 1.54) is 14.2 Å². The van der Waals surface area contributed by atoms with Crippen molar-refractivity contribution in [2.45, 2.75) is 12.0 Å². The smallest absolute Gasteiger partial charge is 0.312 e. The third-order valence-corrected chi connectivity index (χ3v) is 6.35. The molecule has 168 valence electrons. The minimum absolute atomic E-state index is 0.0760. The van der Waals surface area contributed by atoms with Gasteiger partial charge in [-0.15, -0.1) is 0 Å². The van der Waals surface area contributed by atoms with Gasteiger partial charge in [0.2, 0.25) is 12.5 Å². The molecule has 0 saturated carbocycles. The normalized spacial score (nSPS) is 24.9. The number of hydrogen-bond acceptors (Lipinski definition) is 8. The van der Waals surface area contributed by atoms with Gasteiger partial charge in [0, 0.05) is 11.8 Å². The molecule has 32 heavy (non-hydrogen) atoms. The van der Waals surface area contributed by atoms with E-state index in [9.17, 15) is 14.7 Å². The fourth-order valence-corrected chi connectivity index (χ4v) is 4.99. The van der Waals surface area contributed by atoms with Crippen molar-refractivity contribution in [3.8, 4) is 28.7 Å². The number of phenols is 1. The molecule has 10 heteroatoms. The van der Waals surface area contributed by atoms with Crippen LogP contribution in [-0.2, 0) is 9.53 Å². The number of hydrogen-bond donors (Lipinski definition) is 3. The highest BCUT2D eigenvalue weighted by atomic mass is 16.7. The summed E-state index contributed by atoms with van der Waals surface area (Å²) in [5.74, 6) is -0.475. The molecule has 0 radical (unpaired) electrons. The summed E-state index contributed by atoms with van der Waals surface area (Å²) in [6.07, 6.45) is 0. The van der Waals surface area contributed by atoms with Gasteiger partial charge in [-0.1, -0.05) is 0 Å². The molecule has 1 fully saturated rings. The number of urea groups is 1. The summed E-state index contributed by atoms with van der Waals surface area (Å²) in [7, 11) is 2.87. The van der Waals surface area contributed by atoms with Crippen LogP contribution in [0.1, 0.15) is 28.7 Å². The molecule has 2 aliphatic heterocycles. The van der Waals surface area contributed by atoms with E-state index in [0.29, 0.717) is 17.1 Å². The zero-order valence-corrected chi connectivity index (χ0v) is 17.4. The third-order valence-electron chi connectivity index (χ3n) is 6.35. The van der Waals surface area contributed by atoms with Crippen molar-refractivity contribution >= 4 is 12.0 Å². The minimum Gasteiger partial charge on any atom is -0.502 e. The van der Waals surface area contributed by atoms with Gasteiger partial charge in [0.05, 0.1) is 32.8 Å². The number of nitrogens with two attached hydrogens (primary N) is 1. The number of benzene rings is 2. The Morgan fingerprint density at radius 2 is 1.69 bits per heavy atom. The van der Waals surface area contributed by atoms with Crippen molar-refractivity contribution < 1.29 is 38.4 Å². The second-order valence-electron chi connectivity index (χ2n) is 7.89. The molecular formula is C22H22N2O8. The van der Waals surface area contributed by atoms with Crippen molar-refractivity contribution in [3.05, 3.63) is 41.0 Å². The van der Waals surface area contributed by atoms with E-state index in [-0.39, 0.29) is 42.5 Å². The summed E-state index contributed by atoms with van der Waals surface area (Å²) < 4.78 is 27.2. The number of ether oxygens (including phenoxy) is 5. The molecule has 0 spiro atoms. The fourth-order valence-electron chi connectivity index (χ4n) is 4.99. The quantitative estimate of drug-likeness (QED) is 0.609. The number of fused-ring (bicyclic) bond motifs is 3. The minimum atomic E-state index is -0.705. The van der Waals surface area contributed by atoms with Crippen LogP contribution in [0.25, 0.3) is 0 Å². The molecule has 2 aromatic carbocycles. The highest BCUT2D eigenvalue weighted by Gasteiger charge is 2.53. The van der Waals surface area contributed by atoms with Gasteiger partial charge in [-0.25, -0.2) is 4.79 Å². The first-order valence-corrected chi connectivity index (χ1v) is 10.0. The number of primary amides is 1. The van der Waals surface area contributed by atoms with E-state index in [0.717, 1.165) is 11.1 Å². The average molecular weight is 442 g/mol. The molecule has 10 nitrogen and oxygen atoms in total. The maximum Gasteiger partial charge on any atom is 0.312 e. The number of nitrogens with one attached hydrogen (secondary N) is 1. The van der Waals surface area contributed by atoms with Gasteiger partial charge in [0.15, 0.2) is 23.0 Å². The second kappa shape index (κ2) is 7.40. The van der Waals surface area contributed by atoms with Crippen LogP contribution in [0, 0.1) is 11.8 Å². The van der Waals surface area contributed by atoms with Crippen LogP contribution in [0.3, 0.4) is 0 Å². The summed E-state index contributed by atoms with van der Waals surface area (Å²) in [6.45, 7) is 0.206. The number of methoxy groups -OCH3 is 2. The molecule has 2 aromatic rings. The summed E-state index contributed by atoms with van der Waals surface area (Å²) in [6, 6.07) is 5.70. The number of cyclic esters (lactones) is 1. The number of esters is 1. The van der Waals surface area contributed by atoms with Crippen LogP contribution >= 0.6 is 0 Å². The van der Waals surface area contributed by atoms with Crippen LogP contribution in [0.2, 0.25) is 0 Å². The van der Waals surface area contributed by atoms with E-state index in [1.54, 1.807) is 18.2 Å². The predicted molar refractivity (Wildman–Crippen MR) is 109 cm³/mol. The highest BCUT2D eigenvalue weighted by molar-refractivity contribution is 5.80. The Kier molecular flexibility index (Phi) is 4.65. The molecule has 0 bridgehead atoms. The molecule has 1 aliphatic carbocycles. The number of amides is 2. The summed E-state index contributed by atoms with van der Waals surface area (Å²) in [5.41, 5.74) is 7.65. The first-order valence-electron chi connectivity index (χ1n) is 10.0. The molecule has 1 saturated heterocycles. The third kappa shape index (κ3) is 2.94. The van der Waals surface area contributed by atoms with E-state index >= 15 is 0 Å². The first-order chi connectivity index (χ1) is 15.4. The number of phenolic OH excluding ortho intramolecular Hbond substituents is 1. The lowest BCUT2D eigenvalue weighted by Gasteiger charge is -2.39. The van der Waals surface area contributed by atoms with Crippen molar-refractivity contribution in [2.75, 3.05) is 27.6 Å². The summed E-state index contributed by atoms with van der Waals surface area (Å²) >= 11 is 0. The molecule has 0 aromatic heterocycles. The van der Waals surface area contributed by atoms with E-state index in [1.807, 2.05) is 6.07 Å². The lowest BCUT2D eigenvalue weighted by Crippen LogP contribution is -2.44. The van der Waals surface area contributed by atoms with Crippen LogP contribution in [0.15, 0.2) is 24.3 Å². The van der Waals surface area contributed by atoms with E-state index < -0.39 is 23.9 Å². The first kappa shape index (κ1) is 20.1. The molecule has 1 unspecified atom stereocenters. The van der Waals surface area contributed by atoms with Crippen LogP contribution < -0.4 is 30.0 Å². The Bertz CT molecular complexity index is 1090. The fraction of sp³-hybridized carbons (Fsp3) is 0.364. The molecule has 2 amide bonds. The lowest BCUT2D eigenvalue weighted by atomic mass is 9.65. The van der Waals surface area contributed by atoms with Crippen molar-refractivity contribution in [2.24, 2.45) is 17.6 Å². The Hall–Kier alpha value is -3.82. The van der Waals surface area contributed by atoms with Crippen molar-refractivity contribution in [3.63, 3.8) is 0 Å². The van der Waals surface area contributed by atoms with Gasteiger partial charge in [0.1, 0.15) is 0 Å². The van der Waals surface area contributed by atoms with Gasteiger partial charge < -0.3 is 39.8 Å². The van der Waals surface area contributed by atoms with Crippen molar-refractivity contribution in [1.82, 2.24) is 5.32 Å². The van der Waals surface area contributed by atoms with Crippen molar-refractivity contribution in [1.29, 1.82) is 0 Å². The zero-order valence-electron chi connectivity index (χ0n) is 17.4. The molecule has 5 rings (SSSR count). The Morgan fingerprint density at radius 3 is 2.28 bits per heavy atom. The largest absolute Gasteiger partial charge is 0.502 e. The summed E-state index contributed by atoms with van der Waals surface area (Å²) in [4.78, 5) is 24.7. The Labute approximate surface area is 183 Å². The van der Waals surface area contributed by atoms with Crippen LogP contribution in [-0.4, -0.2) is 44.7 Å². The molecule has 2 heterocycles. The molecule has 3 aliphatic rings. The number of carbonyl (C=O) groups is 2. The highest BCUT2D eigenvalue weighted by Crippen LogP contribution is 2.55. The number of rotatable bonds is 4. The second-order valence-corrected chi connectivity index (χ2v) is 7.89. The topological polar surface area (TPSA) is 139 Å². The SMILES string of the molecule is COc1cc(C2c3cc4c(cc3[C@@H](NC(N)=O)[C@H]3COC(=O)[C@H]23)OCO4)cc(OC)c1O. The maximum absolute atomic E-state index is 12.9. The van der Waals surface area contributed by atoms with Crippen LogP contribution in [0.5, 0.6) is 28.7 Å². The van der Waals surface area contributed by atoms with Gasteiger partial charge in [-0.3, -0.25) is 4.79 Å². The van der Waals surface area contributed by atoms with E-state index in [4.69, 9.17) is 29.4 Å². The maximum atomic E-state index is 12.9. The predicted octanol–water partition coefficient (Wildman–Crippen LogP) is 1.78. The monoisotopic (exact) mass is 442 g/mol. The Morgan fingerprint density at radius 1 is 1.06 bits per heavy atom. The summed E-state index contributed by atoms with van der Waals surface area (Å²) in [5, 5.41) is 13.1. The lowest BCUT2D eigenvalue weighted by molar-refractivity contribution is -0.141. The molecule has 4 atom stereocenters. The molecular weight excluding hydrogens is 420 g/mol. The van der Waals surface area contributed by atoms with E-state index in [2.05, 4.69) is 5.32 Å². The number of aromatic hydroxyl groups is 1. The number of carbonyl (C=O) groups excluding carboxylic acids is 2. The zero-order chi connectivity index (χ0) is 22.6.